The van der Waals surface area contributed by atoms with Gasteiger partial charge in [0.05, 0.1) is 6.20 Å². The Hall–Kier alpha value is -0.920. The van der Waals surface area contributed by atoms with Crippen LogP contribution in [0, 0.1) is 5.41 Å². The highest BCUT2D eigenvalue weighted by Crippen LogP contribution is 2.28. The first-order valence-electron chi connectivity index (χ1n) is 7.06. The molecule has 2 rings (SSSR count). The second-order valence-electron chi connectivity index (χ2n) is 6.02. The molecule has 1 aliphatic rings. The molecule has 0 saturated carbocycles. The number of hydrogen-bond acceptors (Lipinski definition) is 4. The monoisotopic (exact) mass is 300 g/mol. The third kappa shape index (κ3) is 3.39. The molecular formula is C13H24N4O2S. The Morgan fingerprint density at radius 3 is 2.85 bits per heavy atom. The first-order chi connectivity index (χ1) is 9.36. The van der Waals surface area contributed by atoms with Crippen molar-refractivity contribution < 1.29 is 8.42 Å². The first kappa shape index (κ1) is 15.5. The molecule has 0 bridgehead atoms. The van der Waals surface area contributed by atoms with Gasteiger partial charge in [-0.1, -0.05) is 13.8 Å². The molecule has 1 unspecified atom stereocenters. The van der Waals surface area contributed by atoms with Crippen LogP contribution in [-0.2, 0) is 16.6 Å². The van der Waals surface area contributed by atoms with E-state index in [0.717, 1.165) is 25.9 Å². The summed E-state index contributed by atoms with van der Waals surface area (Å²) in [4.78, 5) is 2.23. The first-order valence-corrected chi connectivity index (χ1v) is 8.55. The number of aromatic nitrogens is 2. The van der Waals surface area contributed by atoms with E-state index in [4.69, 9.17) is 0 Å². The van der Waals surface area contributed by atoms with Crippen molar-refractivity contribution in [3.05, 3.63) is 12.3 Å². The summed E-state index contributed by atoms with van der Waals surface area (Å²) in [7, 11) is -1.42. The highest BCUT2D eigenvalue weighted by molar-refractivity contribution is 7.89. The molecule has 1 fully saturated rings. The van der Waals surface area contributed by atoms with Gasteiger partial charge < -0.3 is 4.90 Å². The third-order valence-electron chi connectivity index (χ3n) is 3.83. The van der Waals surface area contributed by atoms with Gasteiger partial charge in [-0.15, -0.1) is 0 Å². The number of likely N-dealkylation sites (tertiary alicyclic amines) is 1. The molecule has 0 spiro atoms. The SMILES string of the molecule is CCCn1nccc1S(=O)(=O)NCC1(C)CCN(C)C1. The van der Waals surface area contributed by atoms with Crippen LogP contribution in [0.4, 0.5) is 0 Å². The van der Waals surface area contributed by atoms with E-state index in [1.54, 1.807) is 10.7 Å². The van der Waals surface area contributed by atoms with Crippen LogP contribution in [0.25, 0.3) is 0 Å². The van der Waals surface area contributed by atoms with Gasteiger partial charge in [0, 0.05) is 19.6 Å². The minimum atomic E-state index is -3.48. The van der Waals surface area contributed by atoms with E-state index >= 15 is 0 Å². The van der Waals surface area contributed by atoms with E-state index in [0.29, 0.717) is 13.1 Å². The smallest absolute Gasteiger partial charge is 0.257 e. The minimum Gasteiger partial charge on any atom is -0.306 e. The fourth-order valence-electron chi connectivity index (χ4n) is 2.69. The van der Waals surface area contributed by atoms with Gasteiger partial charge in [0.2, 0.25) is 0 Å². The predicted molar refractivity (Wildman–Crippen MR) is 77.9 cm³/mol. The standard InChI is InChI=1S/C13H24N4O2S/c1-4-8-17-12(5-7-14-17)20(18,19)15-10-13(2)6-9-16(3)11-13/h5,7,15H,4,6,8-11H2,1-3H3. The maximum atomic E-state index is 12.4. The van der Waals surface area contributed by atoms with E-state index in [2.05, 4.69) is 28.7 Å². The Kier molecular flexibility index (Phi) is 4.51. The van der Waals surface area contributed by atoms with Gasteiger partial charge in [0.15, 0.2) is 5.03 Å². The summed E-state index contributed by atoms with van der Waals surface area (Å²) in [5.74, 6) is 0. The molecule has 1 aromatic rings. The van der Waals surface area contributed by atoms with E-state index in [9.17, 15) is 8.42 Å². The number of rotatable bonds is 6. The molecule has 0 aliphatic carbocycles. The summed E-state index contributed by atoms with van der Waals surface area (Å²) in [6.45, 7) is 7.15. The highest BCUT2D eigenvalue weighted by Gasteiger charge is 2.33. The molecule has 6 nitrogen and oxygen atoms in total. The normalized spacial score (nSPS) is 24.4. The zero-order valence-corrected chi connectivity index (χ0v) is 13.3. The summed E-state index contributed by atoms with van der Waals surface area (Å²) in [6.07, 6.45) is 3.40. The van der Waals surface area contributed by atoms with E-state index in [1.165, 1.54) is 6.20 Å². The summed E-state index contributed by atoms with van der Waals surface area (Å²) in [5, 5.41) is 4.33. The van der Waals surface area contributed by atoms with Crippen LogP contribution in [0.15, 0.2) is 17.3 Å². The van der Waals surface area contributed by atoms with Gasteiger partial charge in [-0.05, 0) is 37.9 Å². The van der Waals surface area contributed by atoms with Gasteiger partial charge in [-0.2, -0.15) is 5.10 Å². The van der Waals surface area contributed by atoms with Crippen molar-refractivity contribution in [1.29, 1.82) is 0 Å². The van der Waals surface area contributed by atoms with Crippen LogP contribution in [0.2, 0.25) is 0 Å². The summed E-state index contributed by atoms with van der Waals surface area (Å²) in [5.41, 5.74) is 0.0113. The van der Waals surface area contributed by atoms with Crippen LogP contribution in [-0.4, -0.2) is 49.8 Å². The Bertz CT molecular complexity index is 554. The van der Waals surface area contributed by atoms with Crippen LogP contribution in [0.1, 0.15) is 26.7 Å². The summed E-state index contributed by atoms with van der Waals surface area (Å²) in [6, 6.07) is 1.56. The number of hydrogen-bond donors (Lipinski definition) is 1. The second kappa shape index (κ2) is 5.83. The molecule has 1 N–H and O–H groups in total. The Morgan fingerprint density at radius 1 is 1.50 bits per heavy atom. The van der Waals surface area contributed by atoms with E-state index < -0.39 is 10.0 Å². The van der Waals surface area contributed by atoms with Crippen molar-refractivity contribution in [3.63, 3.8) is 0 Å². The quantitative estimate of drug-likeness (QED) is 0.848. The van der Waals surface area contributed by atoms with Gasteiger partial charge in [-0.25, -0.2) is 13.1 Å². The lowest BCUT2D eigenvalue weighted by Gasteiger charge is -2.24. The lowest BCUT2D eigenvalue weighted by atomic mass is 9.90. The Balaban J connectivity index is 2.06. The van der Waals surface area contributed by atoms with Crippen LogP contribution in [0.3, 0.4) is 0 Å². The third-order valence-corrected chi connectivity index (χ3v) is 5.25. The predicted octanol–water partition coefficient (Wildman–Crippen LogP) is 0.913. The topological polar surface area (TPSA) is 67.2 Å². The van der Waals surface area contributed by atoms with Crippen LogP contribution < -0.4 is 4.72 Å². The Morgan fingerprint density at radius 2 is 2.25 bits per heavy atom. The maximum Gasteiger partial charge on any atom is 0.257 e. The number of sulfonamides is 1. The lowest BCUT2D eigenvalue weighted by molar-refractivity contribution is 0.309. The zero-order chi connectivity index (χ0) is 14.8. The van der Waals surface area contributed by atoms with Crippen molar-refractivity contribution >= 4 is 10.0 Å². The maximum absolute atomic E-state index is 12.4. The fraction of sp³-hybridized carbons (Fsp3) is 0.769. The second-order valence-corrected chi connectivity index (χ2v) is 7.73. The zero-order valence-electron chi connectivity index (χ0n) is 12.5. The van der Waals surface area contributed by atoms with Crippen molar-refractivity contribution in [2.45, 2.75) is 38.3 Å². The number of nitrogens with zero attached hydrogens (tertiary/aromatic N) is 3. The van der Waals surface area contributed by atoms with Gasteiger partial charge in [0.25, 0.3) is 10.0 Å². The molecule has 7 heteroatoms. The van der Waals surface area contributed by atoms with Crippen molar-refractivity contribution in [2.24, 2.45) is 5.41 Å². The van der Waals surface area contributed by atoms with Crippen LogP contribution in [0.5, 0.6) is 0 Å². The van der Waals surface area contributed by atoms with Gasteiger partial charge in [-0.3, -0.25) is 4.68 Å². The molecule has 114 valence electrons. The molecule has 1 saturated heterocycles. The molecule has 20 heavy (non-hydrogen) atoms. The molecule has 0 radical (unpaired) electrons. The molecule has 2 heterocycles. The van der Waals surface area contributed by atoms with E-state index in [1.807, 2.05) is 6.92 Å². The van der Waals surface area contributed by atoms with Gasteiger partial charge >= 0.3 is 0 Å². The number of nitrogens with one attached hydrogen (secondary N) is 1. The Labute approximate surface area is 121 Å². The van der Waals surface area contributed by atoms with Gasteiger partial charge in [0.1, 0.15) is 0 Å². The molecule has 0 aromatic carbocycles. The molecule has 1 aromatic heterocycles. The fourth-order valence-corrected chi connectivity index (χ4v) is 4.03. The lowest BCUT2D eigenvalue weighted by Crippen LogP contribution is -2.38. The largest absolute Gasteiger partial charge is 0.306 e. The van der Waals surface area contributed by atoms with E-state index in [-0.39, 0.29) is 10.4 Å². The van der Waals surface area contributed by atoms with Crippen molar-refractivity contribution in [3.8, 4) is 0 Å². The summed E-state index contributed by atoms with van der Waals surface area (Å²) < 4.78 is 29.1. The average Bonchev–Trinajstić information content (AvgIpc) is 2.96. The molecular weight excluding hydrogens is 276 g/mol. The number of aryl methyl sites for hydroxylation is 1. The minimum absolute atomic E-state index is 0.0113. The summed E-state index contributed by atoms with van der Waals surface area (Å²) >= 11 is 0. The molecule has 1 atom stereocenters. The van der Waals surface area contributed by atoms with Crippen LogP contribution >= 0.6 is 0 Å². The highest BCUT2D eigenvalue weighted by atomic mass is 32.2. The average molecular weight is 300 g/mol. The molecule has 0 amide bonds. The van der Waals surface area contributed by atoms with Crippen molar-refractivity contribution in [2.75, 3.05) is 26.7 Å². The van der Waals surface area contributed by atoms with Crippen molar-refractivity contribution in [1.82, 2.24) is 19.4 Å². The molecule has 1 aliphatic heterocycles.